The fourth-order valence-corrected chi connectivity index (χ4v) is 4.01. The fraction of sp³-hybridized carbons (Fsp3) is 0.263. The van der Waals surface area contributed by atoms with Gasteiger partial charge in [0.25, 0.3) is 11.2 Å². The second-order valence-corrected chi connectivity index (χ2v) is 7.50. The Balaban J connectivity index is 1.89. The number of fused-ring (bicyclic) bond motifs is 1. The molecule has 2 aromatic heterocycles. The lowest BCUT2D eigenvalue weighted by Crippen LogP contribution is -2.37. The Kier molecular flexibility index (Phi) is 6.01. The molecule has 11 heteroatoms. The van der Waals surface area contributed by atoms with Crippen LogP contribution < -0.4 is 16.6 Å². The van der Waals surface area contributed by atoms with E-state index in [0.717, 1.165) is 10.1 Å². The first-order chi connectivity index (χ1) is 14.2. The van der Waals surface area contributed by atoms with E-state index in [9.17, 15) is 24.5 Å². The predicted octanol–water partition coefficient (Wildman–Crippen LogP) is 1.83. The Bertz CT molecular complexity index is 1260. The van der Waals surface area contributed by atoms with E-state index < -0.39 is 16.2 Å². The third-order valence-electron chi connectivity index (χ3n) is 4.59. The zero-order chi connectivity index (χ0) is 22.0. The molecule has 10 nitrogen and oxygen atoms in total. The number of hydrogen-bond donors (Lipinski definition) is 1. The second-order valence-electron chi connectivity index (χ2n) is 6.51. The predicted molar refractivity (Wildman–Crippen MR) is 114 cm³/mol. The largest absolute Gasteiger partial charge is 0.332 e. The molecule has 0 aliphatic carbocycles. The molecule has 0 aliphatic rings. The zero-order valence-electron chi connectivity index (χ0n) is 16.5. The number of nitrogens with one attached hydrogen (secondary N) is 1. The first-order valence-corrected chi connectivity index (χ1v) is 9.97. The molecule has 3 aromatic rings. The highest BCUT2D eigenvalue weighted by Gasteiger charge is 2.18. The number of pyridine rings is 1. The van der Waals surface area contributed by atoms with Gasteiger partial charge in [0.05, 0.1) is 16.1 Å². The standard InChI is InChI=1S/C19H19N5O5S/c1-4-11-9-20-17-15(18(26)23(3)19(27)22(17)2)16(11)30-10-14(25)21-12-5-7-13(8-6-12)24(28)29/h5-9H,4,10H2,1-3H3,(H,21,25). The maximum atomic E-state index is 12.8. The van der Waals surface area contributed by atoms with Gasteiger partial charge in [-0.05, 0) is 24.1 Å². The van der Waals surface area contributed by atoms with E-state index >= 15 is 0 Å². The Morgan fingerprint density at radius 1 is 1.20 bits per heavy atom. The molecular weight excluding hydrogens is 410 g/mol. The monoisotopic (exact) mass is 429 g/mol. The van der Waals surface area contributed by atoms with Crippen LogP contribution in [0.25, 0.3) is 11.0 Å². The van der Waals surface area contributed by atoms with Crippen molar-refractivity contribution in [2.45, 2.75) is 18.2 Å². The van der Waals surface area contributed by atoms with Crippen LogP contribution in [0.3, 0.4) is 0 Å². The number of rotatable bonds is 6. The first-order valence-electron chi connectivity index (χ1n) is 8.99. The van der Waals surface area contributed by atoms with E-state index in [-0.39, 0.29) is 23.0 Å². The van der Waals surface area contributed by atoms with Gasteiger partial charge in [-0.25, -0.2) is 9.78 Å². The minimum Gasteiger partial charge on any atom is -0.325 e. The summed E-state index contributed by atoms with van der Waals surface area (Å²) in [6.45, 7) is 1.91. The van der Waals surface area contributed by atoms with Gasteiger partial charge in [-0.15, -0.1) is 11.8 Å². The topological polar surface area (TPSA) is 129 Å². The summed E-state index contributed by atoms with van der Waals surface area (Å²) >= 11 is 1.18. The van der Waals surface area contributed by atoms with Crippen LogP contribution in [-0.2, 0) is 25.3 Å². The number of nitro benzene ring substituents is 1. The van der Waals surface area contributed by atoms with Crippen molar-refractivity contribution in [1.82, 2.24) is 14.1 Å². The Hall–Kier alpha value is -3.47. The van der Waals surface area contributed by atoms with Crippen LogP contribution in [0.2, 0.25) is 0 Å². The van der Waals surface area contributed by atoms with Crippen molar-refractivity contribution in [3.8, 4) is 0 Å². The van der Waals surface area contributed by atoms with E-state index in [1.165, 1.54) is 47.6 Å². The summed E-state index contributed by atoms with van der Waals surface area (Å²) < 4.78 is 2.32. The number of nitrogens with zero attached hydrogens (tertiary/aromatic N) is 4. The Morgan fingerprint density at radius 2 is 1.87 bits per heavy atom. The van der Waals surface area contributed by atoms with Crippen molar-refractivity contribution >= 4 is 40.1 Å². The molecule has 0 unspecified atom stereocenters. The minimum atomic E-state index is -0.518. The second kappa shape index (κ2) is 8.49. The van der Waals surface area contributed by atoms with Crippen LogP contribution in [0.5, 0.6) is 0 Å². The molecule has 0 aliphatic heterocycles. The van der Waals surface area contributed by atoms with Gasteiger partial charge in [0.1, 0.15) is 5.65 Å². The Morgan fingerprint density at radius 3 is 2.47 bits per heavy atom. The summed E-state index contributed by atoms with van der Waals surface area (Å²) in [5.74, 6) is -0.322. The maximum absolute atomic E-state index is 12.8. The third kappa shape index (κ3) is 3.96. The van der Waals surface area contributed by atoms with Crippen molar-refractivity contribution in [3.05, 3.63) is 67.0 Å². The number of aryl methyl sites for hydroxylation is 2. The van der Waals surface area contributed by atoms with Gasteiger partial charge >= 0.3 is 5.69 Å². The quantitative estimate of drug-likeness (QED) is 0.359. The maximum Gasteiger partial charge on any atom is 0.332 e. The van der Waals surface area contributed by atoms with Gasteiger partial charge in [-0.2, -0.15) is 0 Å². The number of thioether (sulfide) groups is 1. The number of carbonyl (C=O) groups excluding carboxylic acids is 1. The lowest BCUT2D eigenvalue weighted by atomic mass is 10.2. The molecule has 0 radical (unpaired) electrons. The summed E-state index contributed by atoms with van der Waals surface area (Å²) in [5, 5.41) is 13.7. The number of benzene rings is 1. The molecule has 0 saturated carbocycles. The molecule has 3 rings (SSSR count). The van der Waals surface area contributed by atoms with Gasteiger partial charge in [0.2, 0.25) is 5.91 Å². The van der Waals surface area contributed by atoms with Crippen LogP contribution in [0.1, 0.15) is 12.5 Å². The molecule has 0 saturated heterocycles. The van der Waals surface area contributed by atoms with Crippen LogP contribution in [0.4, 0.5) is 11.4 Å². The molecule has 1 amide bonds. The first kappa shape index (κ1) is 21.2. The highest BCUT2D eigenvalue weighted by atomic mass is 32.2. The van der Waals surface area contributed by atoms with Crippen molar-refractivity contribution in [1.29, 1.82) is 0 Å². The lowest BCUT2D eigenvalue weighted by Gasteiger charge is -2.13. The van der Waals surface area contributed by atoms with Gasteiger partial charge < -0.3 is 5.32 Å². The number of aromatic nitrogens is 3. The van der Waals surface area contributed by atoms with Crippen molar-refractivity contribution in [3.63, 3.8) is 0 Å². The van der Waals surface area contributed by atoms with E-state index in [1.807, 2.05) is 6.92 Å². The van der Waals surface area contributed by atoms with Gasteiger partial charge in [0.15, 0.2) is 0 Å². The minimum absolute atomic E-state index is 0.00902. The summed E-state index contributed by atoms with van der Waals surface area (Å²) in [6, 6.07) is 5.51. The number of hydrogen-bond acceptors (Lipinski definition) is 7. The van der Waals surface area contributed by atoms with Crippen LogP contribution in [0, 0.1) is 10.1 Å². The molecule has 0 bridgehead atoms. The fourth-order valence-electron chi connectivity index (χ4n) is 2.96. The average Bonchev–Trinajstić information content (AvgIpc) is 2.74. The Labute approximate surface area is 174 Å². The van der Waals surface area contributed by atoms with E-state index in [4.69, 9.17) is 0 Å². The molecule has 0 fully saturated rings. The van der Waals surface area contributed by atoms with Crippen LogP contribution >= 0.6 is 11.8 Å². The number of non-ortho nitro benzene ring substituents is 1. The summed E-state index contributed by atoms with van der Waals surface area (Å²) in [6.07, 6.45) is 2.21. The average molecular weight is 429 g/mol. The van der Waals surface area contributed by atoms with Crippen molar-refractivity contribution < 1.29 is 9.72 Å². The number of nitro groups is 1. The SMILES string of the molecule is CCc1cnc2c(c1SCC(=O)Nc1ccc([N+](=O)[O-])cc1)c(=O)n(C)c(=O)n2C. The molecule has 1 aromatic carbocycles. The van der Waals surface area contributed by atoms with Crippen molar-refractivity contribution in [2.24, 2.45) is 14.1 Å². The molecule has 0 spiro atoms. The summed E-state index contributed by atoms with van der Waals surface area (Å²) in [5.41, 5.74) is 0.481. The van der Waals surface area contributed by atoms with E-state index in [1.54, 1.807) is 13.2 Å². The van der Waals surface area contributed by atoms with Gasteiger partial charge in [-0.3, -0.25) is 28.8 Å². The smallest absolute Gasteiger partial charge is 0.325 e. The summed E-state index contributed by atoms with van der Waals surface area (Å²) in [4.78, 5) is 52.4. The lowest BCUT2D eigenvalue weighted by molar-refractivity contribution is -0.384. The number of amides is 1. The molecule has 30 heavy (non-hydrogen) atoms. The summed E-state index contributed by atoms with van der Waals surface area (Å²) in [7, 11) is 2.94. The molecule has 2 heterocycles. The highest BCUT2D eigenvalue weighted by molar-refractivity contribution is 8.00. The van der Waals surface area contributed by atoms with E-state index in [0.29, 0.717) is 22.4 Å². The number of carbonyl (C=O) groups is 1. The number of anilines is 1. The molecule has 0 atom stereocenters. The van der Waals surface area contributed by atoms with Gasteiger partial charge in [-0.1, -0.05) is 6.92 Å². The van der Waals surface area contributed by atoms with Crippen LogP contribution in [0.15, 0.2) is 44.9 Å². The van der Waals surface area contributed by atoms with Crippen LogP contribution in [-0.4, -0.2) is 30.7 Å². The molecule has 1 N–H and O–H groups in total. The van der Waals surface area contributed by atoms with Gasteiger partial charge in [0, 0.05) is 43.0 Å². The third-order valence-corrected chi connectivity index (χ3v) is 5.75. The normalized spacial score (nSPS) is 10.9. The van der Waals surface area contributed by atoms with Crippen molar-refractivity contribution in [2.75, 3.05) is 11.1 Å². The highest BCUT2D eigenvalue weighted by Crippen LogP contribution is 2.28. The van der Waals surface area contributed by atoms with E-state index in [2.05, 4.69) is 10.3 Å². The molecule has 156 valence electrons. The zero-order valence-corrected chi connectivity index (χ0v) is 17.4. The molecular formula is C19H19N5O5S.